The van der Waals surface area contributed by atoms with Crippen LogP contribution in [-0.4, -0.2) is 29.0 Å². The number of hydrogen-bond donors (Lipinski definition) is 0. The number of esters is 2. The van der Waals surface area contributed by atoms with Crippen LogP contribution in [0, 0.1) is 5.41 Å². The summed E-state index contributed by atoms with van der Waals surface area (Å²) in [7, 11) is 1.65. The smallest absolute Gasteiger partial charge is 0.362 e. The molecule has 5 aromatic rings. The highest BCUT2D eigenvalue weighted by molar-refractivity contribution is 5.90. The van der Waals surface area contributed by atoms with Crippen LogP contribution in [0.3, 0.4) is 0 Å². The Morgan fingerprint density at radius 1 is 0.800 bits per heavy atom. The van der Waals surface area contributed by atoms with Gasteiger partial charge in [-0.05, 0) is 85.3 Å². The van der Waals surface area contributed by atoms with E-state index < -0.39 is 16.8 Å². The van der Waals surface area contributed by atoms with Crippen LogP contribution in [-0.2, 0) is 16.6 Å². The Kier molecular flexibility index (Phi) is 6.77. The fourth-order valence-corrected chi connectivity index (χ4v) is 6.79. The molecule has 1 aromatic heterocycles. The number of methoxy groups -OCH3 is 1. The lowest BCUT2D eigenvalue weighted by molar-refractivity contribution is -0.143. The van der Waals surface area contributed by atoms with E-state index in [1.54, 1.807) is 19.2 Å². The Hall–Kier alpha value is -5.30. The van der Waals surface area contributed by atoms with Gasteiger partial charge in [-0.15, -0.1) is 0 Å². The average molecular weight is 597 g/mol. The largest absolute Gasteiger partial charge is 0.497 e. The predicted octanol–water partition coefficient (Wildman–Crippen LogP) is 7.04. The molecule has 7 nitrogen and oxygen atoms in total. The van der Waals surface area contributed by atoms with Crippen molar-refractivity contribution in [3.8, 4) is 17.2 Å². The van der Waals surface area contributed by atoms with E-state index in [-0.39, 0.29) is 17.6 Å². The summed E-state index contributed by atoms with van der Waals surface area (Å²) in [5.41, 5.74) is 5.84. The molecule has 45 heavy (non-hydrogen) atoms. The van der Waals surface area contributed by atoms with Crippen molar-refractivity contribution in [3.05, 3.63) is 148 Å². The first-order valence-electron chi connectivity index (χ1n) is 14.9. The van der Waals surface area contributed by atoms with Gasteiger partial charge in [-0.1, -0.05) is 60.7 Å². The fraction of sp³-hybridized carbons (Fsp3) is 0.211. The molecule has 0 spiro atoms. The number of rotatable bonds is 6. The summed E-state index contributed by atoms with van der Waals surface area (Å²) < 4.78 is 17.9. The number of aromatic nitrogens is 2. The Morgan fingerprint density at radius 2 is 1.44 bits per heavy atom. The highest BCUT2D eigenvalue weighted by Crippen LogP contribution is 2.64. The first-order chi connectivity index (χ1) is 21.7. The van der Waals surface area contributed by atoms with Gasteiger partial charge in [0.2, 0.25) is 0 Å². The maximum atomic E-state index is 13.5. The van der Waals surface area contributed by atoms with Gasteiger partial charge in [-0.2, -0.15) is 0 Å². The Bertz CT molecular complexity index is 1900. The van der Waals surface area contributed by atoms with Gasteiger partial charge < -0.3 is 14.2 Å². The highest BCUT2D eigenvalue weighted by atomic mass is 16.5. The van der Waals surface area contributed by atoms with Crippen molar-refractivity contribution < 1.29 is 23.8 Å². The number of benzene rings is 4. The van der Waals surface area contributed by atoms with Gasteiger partial charge in [0.15, 0.2) is 5.69 Å². The number of hydrogen-bond acceptors (Lipinski definition) is 7. The van der Waals surface area contributed by atoms with E-state index in [0.717, 1.165) is 44.7 Å². The first-order valence-corrected chi connectivity index (χ1v) is 14.9. The lowest BCUT2D eigenvalue weighted by Crippen LogP contribution is -2.44. The zero-order valence-corrected chi connectivity index (χ0v) is 25.5. The third kappa shape index (κ3) is 4.58. The van der Waals surface area contributed by atoms with E-state index in [1.807, 2.05) is 57.2 Å². The van der Waals surface area contributed by atoms with Gasteiger partial charge in [0.1, 0.15) is 23.6 Å². The second-order valence-electron chi connectivity index (χ2n) is 12.5. The molecule has 0 saturated carbocycles. The lowest BCUT2D eigenvalue weighted by Gasteiger charge is -2.51. The molecule has 0 atom stereocenters. The topological polar surface area (TPSA) is 87.6 Å². The summed E-state index contributed by atoms with van der Waals surface area (Å²) in [5, 5.41) is 0. The zero-order valence-electron chi connectivity index (χ0n) is 25.5. The molecule has 3 aliphatic carbocycles. The Morgan fingerprint density at radius 3 is 2.04 bits per heavy atom. The first kappa shape index (κ1) is 28.5. The van der Waals surface area contributed by atoms with Gasteiger partial charge in [-0.25, -0.2) is 14.8 Å². The third-order valence-corrected chi connectivity index (χ3v) is 8.78. The van der Waals surface area contributed by atoms with Crippen LogP contribution in [0.25, 0.3) is 0 Å². The van der Waals surface area contributed by atoms with Crippen molar-refractivity contribution >= 4 is 11.9 Å². The van der Waals surface area contributed by atoms with Crippen LogP contribution >= 0.6 is 0 Å². The number of carbonyl (C=O) groups is 2. The average Bonchev–Trinajstić information content (AvgIpc) is 3.06. The molecule has 0 radical (unpaired) electrons. The molecule has 0 N–H and O–H groups in total. The minimum atomic E-state index is -0.780. The Balaban J connectivity index is 1.53. The van der Waals surface area contributed by atoms with Crippen molar-refractivity contribution in [2.24, 2.45) is 5.41 Å². The monoisotopic (exact) mass is 596 g/mol. The lowest BCUT2D eigenvalue weighted by atomic mass is 9.51. The summed E-state index contributed by atoms with van der Waals surface area (Å²) in [6, 6.07) is 29.9. The standard InChI is InChI=1S/C38H32N2O5/c1-37(2,3)36(42)45-30-17-18-31(44-35(41)29-19-20-39-22-40-29)34-33(30)32-25-9-5-7-11-27(25)38(34,28-12-8-6-10-26(28)32)21-23-13-15-24(43-4)16-14-23/h5-20,22,32H,21H2,1-4H3. The molecule has 8 rings (SSSR count). The molecule has 224 valence electrons. The molecule has 0 amide bonds. The normalized spacial score (nSPS) is 17.5. The summed E-state index contributed by atoms with van der Waals surface area (Å²) in [5.74, 6) is 0.433. The van der Waals surface area contributed by atoms with Gasteiger partial charge in [0.25, 0.3) is 0 Å². The summed E-state index contributed by atoms with van der Waals surface area (Å²) in [4.78, 5) is 34.9. The second kappa shape index (κ2) is 10.7. The molecule has 0 aliphatic heterocycles. The molecule has 2 bridgehead atoms. The highest BCUT2D eigenvalue weighted by Gasteiger charge is 2.54. The van der Waals surface area contributed by atoms with E-state index in [0.29, 0.717) is 17.9 Å². The Labute approximate surface area is 261 Å². The minimum absolute atomic E-state index is 0.146. The maximum absolute atomic E-state index is 13.5. The second-order valence-corrected chi connectivity index (χ2v) is 12.5. The van der Waals surface area contributed by atoms with Crippen LogP contribution in [0.4, 0.5) is 0 Å². The quantitative estimate of drug-likeness (QED) is 0.153. The van der Waals surface area contributed by atoms with Crippen molar-refractivity contribution in [1.82, 2.24) is 9.97 Å². The molecule has 3 aliphatic rings. The van der Waals surface area contributed by atoms with Gasteiger partial charge in [-0.3, -0.25) is 4.79 Å². The fourth-order valence-electron chi connectivity index (χ4n) is 6.79. The van der Waals surface area contributed by atoms with E-state index in [2.05, 4.69) is 46.4 Å². The van der Waals surface area contributed by atoms with Crippen LogP contribution in [0.15, 0.2) is 104 Å². The molecule has 7 heteroatoms. The van der Waals surface area contributed by atoms with Crippen LogP contribution in [0.5, 0.6) is 17.2 Å². The van der Waals surface area contributed by atoms with Crippen molar-refractivity contribution in [2.45, 2.75) is 38.5 Å². The van der Waals surface area contributed by atoms with Crippen LogP contribution in [0.2, 0.25) is 0 Å². The molecule has 0 saturated heterocycles. The molecular weight excluding hydrogens is 564 g/mol. The molecule has 0 fully saturated rings. The van der Waals surface area contributed by atoms with Crippen LogP contribution in [0.1, 0.15) is 76.1 Å². The predicted molar refractivity (Wildman–Crippen MR) is 169 cm³/mol. The van der Waals surface area contributed by atoms with Gasteiger partial charge in [0, 0.05) is 23.2 Å². The van der Waals surface area contributed by atoms with Crippen molar-refractivity contribution in [3.63, 3.8) is 0 Å². The number of ether oxygens (including phenoxy) is 3. The van der Waals surface area contributed by atoms with E-state index in [9.17, 15) is 9.59 Å². The van der Waals surface area contributed by atoms with Crippen molar-refractivity contribution in [1.29, 1.82) is 0 Å². The van der Waals surface area contributed by atoms with Crippen molar-refractivity contribution in [2.75, 3.05) is 7.11 Å². The zero-order chi connectivity index (χ0) is 31.3. The third-order valence-electron chi connectivity index (χ3n) is 8.78. The summed E-state index contributed by atoms with van der Waals surface area (Å²) >= 11 is 0. The summed E-state index contributed by atoms with van der Waals surface area (Å²) in [6.07, 6.45) is 3.38. The van der Waals surface area contributed by atoms with E-state index >= 15 is 0 Å². The maximum Gasteiger partial charge on any atom is 0.362 e. The van der Waals surface area contributed by atoms with E-state index in [1.165, 1.54) is 18.6 Å². The molecule has 0 unspecified atom stereocenters. The summed E-state index contributed by atoms with van der Waals surface area (Å²) in [6.45, 7) is 5.50. The SMILES string of the molecule is COc1ccc(CC23c4ccccc4C(c4ccccc42)c2c(OC(=O)C(C)(C)C)ccc(OC(=O)c4ccncn4)c23)cc1. The van der Waals surface area contributed by atoms with Crippen LogP contribution < -0.4 is 14.2 Å². The molecule has 4 aromatic carbocycles. The minimum Gasteiger partial charge on any atom is -0.497 e. The number of carbonyl (C=O) groups excluding carboxylic acids is 2. The van der Waals surface area contributed by atoms with Gasteiger partial charge in [0.05, 0.1) is 17.9 Å². The van der Waals surface area contributed by atoms with E-state index in [4.69, 9.17) is 14.2 Å². The molecule has 1 heterocycles. The molecular formula is C38H32N2O5. The number of nitrogens with zero attached hydrogens (tertiary/aromatic N) is 2. The van der Waals surface area contributed by atoms with Gasteiger partial charge >= 0.3 is 11.9 Å².